The molecule has 0 radical (unpaired) electrons. The maximum atomic E-state index is 13.1. The highest BCUT2D eigenvalue weighted by Crippen LogP contribution is 2.23. The van der Waals surface area contributed by atoms with E-state index in [0.29, 0.717) is 0 Å². The minimum atomic E-state index is -0.244. The molecule has 2 aromatic carbocycles. The van der Waals surface area contributed by atoms with E-state index in [1.807, 2.05) is 52.1 Å². The summed E-state index contributed by atoms with van der Waals surface area (Å²) in [5.41, 5.74) is 3.40. The fourth-order valence-corrected chi connectivity index (χ4v) is 4.59. The van der Waals surface area contributed by atoms with Crippen LogP contribution < -0.4 is 9.80 Å². The second-order valence-electron chi connectivity index (χ2n) is 8.61. The van der Waals surface area contributed by atoms with Crippen LogP contribution in [0.1, 0.15) is 18.4 Å². The molecule has 0 spiro atoms. The van der Waals surface area contributed by atoms with Gasteiger partial charge in [0.2, 0.25) is 11.8 Å². The van der Waals surface area contributed by atoms with Gasteiger partial charge in [-0.3, -0.25) is 14.5 Å². The third-order valence-electron chi connectivity index (χ3n) is 6.39. The molecule has 0 aliphatic carbocycles. The maximum absolute atomic E-state index is 13.1. The van der Waals surface area contributed by atoms with Gasteiger partial charge < -0.3 is 14.7 Å². The summed E-state index contributed by atoms with van der Waals surface area (Å²) in [6.07, 6.45) is 1.74. The van der Waals surface area contributed by atoms with Crippen molar-refractivity contribution in [2.45, 2.75) is 25.8 Å². The van der Waals surface area contributed by atoms with Crippen molar-refractivity contribution < 1.29 is 9.59 Å². The van der Waals surface area contributed by atoms with Crippen LogP contribution in [0.25, 0.3) is 0 Å². The van der Waals surface area contributed by atoms with Crippen molar-refractivity contribution >= 4 is 23.2 Å². The average molecular weight is 421 g/mol. The Labute approximate surface area is 185 Å². The Bertz CT molecular complexity index is 909. The standard InChI is InChI=1S/C25H32N4O2/c1-20-8-6-11-22(18-20)27-14-16-28(17-15-27)24(30)19-26(2)23-12-7-13-29(25(23)31)21-9-4-3-5-10-21/h3-6,8-11,18,23H,7,12-17,19H2,1-2H3. The fraction of sp³-hybridized carbons (Fsp3) is 0.440. The van der Waals surface area contributed by atoms with Crippen molar-refractivity contribution in [3.8, 4) is 0 Å². The number of carbonyl (C=O) groups excluding carboxylic acids is 2. The molecule has 164 valence electrons. The zero-order valence-corrected chi connectivity index (χ0v) is 18.5. The summed E-state index contributed by atoms with van der Waals surface area (Å²) in [7, 11) is 1.90. The lowest BCUT2D eigenvalue weighted by Gasteiger charge is -2.39. The first-order chi connectivity index (χ1) is 15.0. The number of benzene rings is 2. The fourth-order valence-electron chi connectivity index (χ4n) is 4.59. The first-order valence-electron chi connectivity index (χ1n) is 11.2. The zero-order chi connectivity index (χ0) is 21.8. The van der Waals surface area contributed by atoms with E-state index < -0.39 is 0 Å². The number of likely N-dealkylation sites (N-methyl/N-ethyl adjacent to an activating group) is 1. The van der Waals surface area contributed by atoms with Crippen LogP contribution in [-0.2, 0) is 9.59 Å². The Hall–Kier alpha value is -2.86. The molecule has 1 atom stereocenters. The van der Waals surface area contributed by atoms with Crippen LogP contribution in [0, 0.1) is 6.92 Å². The molecule has 0 N–H and O–H groups in total. The molecule has 2 aromatic rings. The molecule has 1 unspecified atom stereocenters. The molecule has 2 saturated heterocycles. The van der Waals surface area contributed by atoms with Crippen LogP contribution in [0.2, 0.25) is 0 Å². The number of amides is 2. The lowest BCUT2D eigenvalue weighted by molar-refractivity contribution is -0.134. The monoisotopic (exact) mass is 420 g/mol. The van der Waals surface area contributed by atoms with E-state index in [0.717, 1.165) is 51.3 Å². The van der Waals surface area contributed by atoms with Gasteiger partial charge in [0.15, 0.2) is 0 Å². The van der Waals surface area contributed by atoms with Crippen molar-refractivity contribution in [3.05, 3.63) is 60.2 Å². The second-order valence-corrected chi connectivity index (χ2v) is 8.61. The molecule has 2 aliphatic heterocycles. The second kappa shape index (κ2) is 9.52. The normalized spacial score (nSPS) is 19.8. The van der Waals surface area contributed by atoms with E-state index >= 15 is 0 Å². The largest absolute Gasteiger partial charge is 0.368 e. The van der Waals surface area contributed by atoms with Gasteiger partial charge in [-0.05, 0) is 56.6 Å². The van der Waals surface area contributed by atoms with E-state index in [-0.39, 0.29) is 24.4 Å². The van der Waals surface area contributed by atoms with Gasteiger partial charge in [-0.25, -0.2) is 0 Å². The quantitative estimate of drug-likeness (QED) is 0.746. The zero-order valence-electron chi connectivity index (χ0n) is 18.5. The Morgan fingerprint density at radius 2 is 1.68 bits per heavy atom. The third-order valence-corrected chi connectivity index (χ3v) is 6.39. The molecule has 2 amide bonds. The van der Waals surface area contributed by atoms with Crippen molar-refractivity contribution in [1.82, 2.24) is 9.80 Å². The molecule has 4 rings (SSSR count). The van der Waals surface area contributed by atoms with E-state index in [2.05, 4.69) is 36.1 Å². The number of piperazine rings is 1. The lowest BCUT2D eigenvalue weighted by Crippen LogP contribution is -2.55. The Morgan fingerprint density at radius 1 is 0.968 bits per heavy atom. The predicted octanol–water partition coefficient (Wildman–Crippen LogP) is 2.77. The summed E-state index contributed by atoms with van der Waals surface area (Å²) < 4.78 is 0. The van der Waals surface area contributed by atoms with Crippen LogP contribution >= 0.6 is 0 Å². The highest BCUT2D eigenvalue weighted by molar-refractivity contribution is 5.98. The van der Waals surface area contributed by atoms with Crippen molar-refractivity contribution in [2.75, 3.05) is 56.1 Å². The van der Waals surface area contributed by atoms with E-state index in [1.54, 1.807) is 0 Å². The summed E-state index contributed by atoms with van der Waals surface area (Å²) in [5, 5.41) is 0. The third kappa shape index (κ3) is 4.90. The highest BCUT2D eigenvalue weighted by atomic mass is 16.2. The van der Waals surface area contributed by atoms with Gasteiger partial charge in [0.05, 0.1) is 12.6 Å². The van der Waals surface area contributed by atoms with E-state index in [1.165, 1.54) is 11.3 Å². The van der Waals surface area contributed by atoms with E-state index in [4.69, 9.17) is 0 Å². The van der Waals surface area contributed by atoms with Gasteiger partial charge in [-0.15, -0.1) is 0 Å². The molecule has 31 heavy (non-hydrogen) atoms. The summed E-state index contributed by atoms with van der Waals surface area (Å²) in [6, 6.07) is 18.1. The van der Waals surface area contributed by atoms with E-state index in [9.17, 15) is 9.59 Å². The minimum absolute atomic E-state index is 0.0945. The highest BCUT2D eigenvalue weighted by Gasteiger charge is 2.34. The maximum Gasteiger partial charge on any atom is 0.244 e. The van der Waals surface area contributed by atoms with Gasteiger partial charge in [-0.1, -0.05) is 30.3 Å². The van der Waals surface area contributed by atoms with Gasteiger partial charge in [0.25, 0.3) is 0 Å². The molecule has 6 heteroatoms. The smallest absolute Gasteiger partial charge is 0.244 e. The van der Waals surface area contributed by atoms with Crippen LogP contribution in [0.3, 0.4) is 0 Å². The number of para-hydroxylation sites is 1. The van der Waals surface area contributed by atoms with Crippen LogP contribution in [0.5, 0.6) is 0 Å². The summed E-state index contributed by atoms with van der Waals surface area (Å²) >= 11 is 0. The number of hydrogen-bond acceptors (Lipinski definition) is 4. The Morgan fingerprint density at radius 3 is 2.39 bits per heavy atom. The summed E-state index contributed by atoms with van der Waals surface area (Å²) in [6.45, 7) is 6.23. The topological polar surface area (TPSA) is 47.1 Å². The molecule has 2 aliphatic rings. The van der Waals surface area contributed by atoms with Gasteiger partial charge in [-0.2, -0.15) is 0 Å². The van der Waals surface area contributed by atoms with Crippen molar-refractivity contribution in [1.29, 1.82) is 0 Å². The summed E-state index contributed by atoms with van der Waals surface area (Å²) in [5.74, 6) is 0.202. The van der Waals surface area contributed by atoms with Gasteiger partial charge in [0, 0.05) is 44.1 Å². The van der Waals surface area contributed by atoms with Gasteiger partial charge >= 0.3 is 0 Å². The van der Waals surface area contributed by atoms with Gasteiger partial charge in [0.1, 0.15) is 0 Å². The molecule has 0 aromatic heterocycles. The average Bonchev–Trinajstić information content (AvgIpc) is 2.80. The number of piperidine rings is 1. The Kier molecular flexibility index (Phi) is 6.56. The number of aryl methyl sites for hydroxylation is 1. The van der Waals surface area contributed by atoms with Crippen LogP contribution in [-0.4, -0.2) is 74.0 Å². The molecular formula is C25H32N4O2. The van der Waals surface area contributed by atoms with Crippen LogP contribution in [0.4, 0.5) is 11.4 Å². The van der Waals surface area contributed by atoms with Crippen molar-refractivity contribution in [3.63, 3.8) is 0 Å². The number of carbonyl (C=O) groups is 2. The first-order valence-corrected chi connectivity index (χ1v) is 11.2. The molecular weight excluding hydrogens is 388 g/mol. The number of anilines is 2. The molecule has 6 nitrogen and oxygen atoms in total. The first kappa shape index (κ1) is 21.4. The number of nitrogens with zero attached hydrogens (tertiary/aromatic N) is 4. The number of rotatable bonds is 5. The number of hydrogen-bond donors (Lipinski definition) is 0. The lowest BCUT2D eigenvalue weighted by atomic mass is 10.0. The Balaban J connectivity index is 1.32. The SMILES string of the molecule is Cc1cccc(N2CCN(C(=O)CN(C)C3CCCN(c4ccccc4)C3=O)CC2)c1. The molecule has 0 saturated carbocycles. The molecule has 0 bridgehead atoms. The molecule has 2 heterocycles. The van der Waals surface area contributed by atoms with Crippen LogP contribution in [0.15, 0.2) is 54.6 Å². The minimum Gasteiger partial charge on any atom is -0.368 e. The van der Waals surface area contributed by atoms with Crippen molar-refractivity contribution in [2.24, 2.45) is 0 Å². The molecule has 2 fully saturated rings. The summed E-state index contributed by atoms with van der Waals surface area (Å²) in [4.78, 5) is 34.1. The predicted molar refractivity (Wildman–Crippen MR) is 124 cm³/mol.